The van der Waals surface area contributed by atoms with E-state index in [0.717, 1.165) is 30.6 Å². The lowest BCUT2D eigenvalue weighted by Gasteiger charge is -2.30. The number of carboxylic acids is 2. The first-order valence-electron chi connectivity index (χ1n) is 14.3. The Labute approximate surface area is 244 Å². The van der Waals surface area contributed by atoms with Gasteiger partial charge >= 0.3 is 11.9 Å². The quantitative estimate of drug-likeness (QED) is 0.115. The molecule has 1 unspecified atom stereocenters. The molecule has 0 spiro atoms. The number of aliphatic hydroxyl groups excluding tert-OH is 1. The van der Waals surface area contributed by atoms with Gasteiger partial charge in [0.1, 0.15) is 24.4 Å². The van der Waals surface area contributed by atoms with E-state index in [1.165, 1.54) is 6.92 Å². The highest BCUT2D eigenvalue weighted by Crippen LogP contribution is 2.26. The first-order chi connectivity index (χ1) is 19.7. The minimum absolute atomic E-state index is 0.0448. The fourth-order valence-electron chi connectivity index (χ4n) is 5.32. The lowest BCUT2D eigenvalue weighted by Crippen LogP contribution is -2.58. The maximum atomic E-state index is 13.8. The summed E-state index contributed by atoms with van der Waals surface area (Å²) in [6.07, 6.45) is 0.415. The second-order valence-corrected chi connectivity index (χ2v) is 11.1. The van der Waals surface area contributed by atoms with Crippen molar-refractivity contribution < 1.29 is 48.9 Å². The van der Waals surface area contributed by atoms with Crippen molar-refractivity contribution in [3.8, 4) is 0 Å². The van der Waals surface area contributed by atoms with Crippen molar-refractivity contribution in [2.75, 3.05) is 6.54 Å². The Hall–Kier alpha value is -3.75. The Morgan fingerprint density at radius 1 is 0.929 bits per heavy atom. The van der Waals surface area contributed by atoms with Crippen LogP contribution in [0.25, 0.3) is 0 Å². The molecule has 0 aromatic carbocycles. The maximum Gasteiger partial charge on any atom is 0.307 e. The lowest BCUT2D eigenvalue weighted by atomic mass is 9.97. The van der Waals surface area contributed by atoms with Crippen LogP contribution in [-0.4, -0.2) is 98.6 Å². The summed E-state index contributed by atoms with van der Waals surface area (Å²) in [6.45, 7) is 4.65. The fraction of sp³-hybridized carbons (Fsp3) is 0.741. The van der Waals surface area contributed by atoms with Crippen LogP contribution in [0.1, 0.15) is 78.6 Å². The first kappa shape index (κ1) is 34.5. The van der Waals surface area contributed by atoms with Crippen LogP contribution in [-0.2, 0) is 33.6 Å². The number of rotatable bonds is 15. The molecule has 15 nitrogen and oxygen atoms in total. The van der Waals surface area contributed by atoms with Gasteiger partial charge in [-0.15, -0.1) is 0 Å². The molecule has 1 heterocycles. The number of likely N-dealkylation sites (tertiary alicyclic amines) is 1. The Balaban J connectivity index is 2.32. The summed E-state index contributed by atoms with van der Waals surface area (Å²) < 4.78 is 0. The molecule has 236 valence electrons. The van der Waals surface area contributed by atoms with Gasteiger partial charge in [-0.05, 0) is 31.6 Å². The number of hydrogen-bond donors (Lipinski definition) is 7. The van der Waals surface area contributed by atoms with Crippen molar-refractivity contribution in [2.24, 2.45) is 11.8 Å². The van der Waals surface area contributed by atoms with Gasteiger partial charge in [0.25, 0.3) is 0 Å². The second kappa shape index (κ2) is 16.0. The fourth-order valence-corrected chi connectivity index (χ4v) is 5.32. The van der Waals surface area contributed by atoms with Gasteiger partial charge in [-0.2, -0.15) is 0 Å². The van der Waals surface area contributed by atoms with E-state index in [2.05, 4.69) is 21.3 Å². The third-order valence-corrected chi connectivity index (χ3v) is 7.75. The normalized spacial score (nSPS) is 21.5. The molecule has 1 saturated carbocycles. The zero-order chi connectivity index (χ0) is 31.6. The number of nitrogens with one attached hydrogen (secondary N) is 4. The number of carboxylic acid groups (broad SMARTS) is 2. The summed E-state index contributed by atoms with van der Waals surface area (Å²) in [5.74, 6) is -6.14. The summed E-state index contributed by atoms with van der Waals surface area (Å²) in [5.41, 5.74) is 0. The van der Waals surface area contributed by atoms with Crippen molar-refractivity contribution in [3.05, 3.63) is 0 Å². The van der Waals surface area contributed by atoms with Crippen molar-refractivity contribution in [1.82, 2.24) is 26.2 Å². The summed E-state index contributed by atoms with van der Waals surface area (Å²) >= 11 is 0. The maximum absolute atomic E-state index is 13.8. The molecule has 2 fully saturated rings. The summed E-state index contributed by atoms with van der Waals surface area (Å²) in [4.78, 5) is 88.1. The minimum atomic E-state index is -1.74. The van der Waals surface area contributed by atoms with Crippen LogP contribution in [0, 0.1) is 11.8 Å². The van der Waals surface area contributed by atoms with E-state index in [4.69, 9.17) is 5.11 Å². The van der Waals surface area contributed by atoms with E-state index in [1.54, 1.807) is 6.92 Å². The smallest absolute Gasteiger partial charge is 0.307 e. The zero-order valence-corrected chi connectivity index (χ0v) is 24.3. The summed E-state index contributed by atoms with van der Waals surface area (Å²) in [5, 5.41) is 38.3. The SMILES string of the molecule is CC[C@H](C)[C@H](NC(C)=O)C(=O)N[C@@H](CCC(=O)O)C(=O)N1C[C@@H](NC(=O)C2CCCC2)CC1C(=O)N[C@H](O)CC(=O)O. The van der Waals surface area contributed by atoms with Crippen molar-refractivity contribution in [3.63, 3.8) is 0 Å². The Morgan fingerprint density at radius 3 is 2.12 bits per heavy atom. The molecule has 1 aliphatic carbocycles. The second-order valence-electron chi connectivity index (χ2n) is 11.1. The third kappa shape index (κ3) is 10.3. The third-order valence-electron chi connectivity index (χ3n) is 7.75. The Morgan fingerprint density at radius 2 is 1.57 bits per heavy atom. The zero-order valence-electron chi connectivity index (χ0n) is 24.3. The van der Waals surface area contributed by atoms with E-state index in [1.807, 2.05) is 6.92 Å². The molecule has 15 heteroatoms. The van der Waals surface area contributed by atoms with Crippen LogP contribution in [0.3, 0.4) is 0 Å². The monoisotopic (exact) mass is 597 g/mol. The first-order valence-corrected chi connectivity index (χ1v) is 14.3. The number of aliphatic carboxylic acids is 2. The largest absolute Gasteiger partial charge is 0.481 e. The van der Waals surface area contributed by atoms with Crippen LogP contribution in [0.2, 0.25) is 0 Å². The van der Waals surface area contributed by atoms with Gasteiger partial charge in [0, 0.05) is 31.8 Å². The molecule has 0 bridgehead atoms. The number of aliphatic hydroxyl groups is 1. The molecule has 6 atom stereocenters. The molecular formula is C27H43N5O10. The average molecular weight is 598 g/mol. The minimum Gasteiger partial charge on any atom is -0.481 e. The van der Waals surface area contributed by atoms with Gasteiger partial charge in [-0.1, -0.05) is 33.1 Å². The molecule has 0 aromatic rings. The van der Waals surface area contributed by atoms with Crippen LogP contribution in [0.15, 0.2) is 0 Å². The van der Waals surface area contributed by atoms with E-state index in [0.29, 0.717) is 6.42 Å². The number of nitrogens with zero attached hydrogens (tertiary/aromatic N) is 1. The van der Waals surface area contributed by atoms with Crippen LogP contribution in [0.5, 0.6) is 0 Å². The molecule has 0 radical (unpaired) electrons. The van der Waals surface area contributed by atoms with Crippen molar-refractivity contribution >= 4 is 41.5 Å². The molecular weight excluding hydrogens is 554 g/mol. The number of hydrogen-bond acceptors (Lipinski definition) is 8. The van der Waals surface area contributed by atoms with E-state index in [-0.39, 0.29) is 37.1 Å². The predicted octanol–water partition coefficient (Wildman–Crippen LogP) is -0.928. The molecule has 1 aliphatic heterocycles. The molecule has 2 rings (SSSR count). The standard InChI is InChI=1S/C27H43N5O10/c1-4-14(2)23(28-15(3)33)26(41)30-18(9-10-21(35)36)27(42)32-13-17(29-24(39)16-7-5-6-8-16)11-19(32)25(40)31-20(34)12-22(37)38/h14,16-20,23,34H,4-13H2,1-3H3,(H,28,33)(H,29,39)(H,30,41)(H,31,40)(H,35,36)(H,37,38)/t14-,17-,18-,19?,20+,23-/m0/s1. The summed E-state index contributed by atoms with van der Waals surface area (Å²) in [7, 11) is 0. The van der Waals surface area contributed by atoms with E-state index < -0.39 is 78.8 Å². The Kier molecular flexibility index (Phi) is 13.2. The number of carbonyl (C=O) groups is 7. The molecule has 5 amide bonds. The van der Waals surface area contributed by atoms with Crippen LogP contribution < -0.4 is 21.3 Å². The van der Waals surface area contributed by atoms with Gasteiger partial charge in [0.05, 0.1) is 6.42 Å². The van der Waals surface area contributed by atoms with Gasteiger partial charge < -0.3 is 41.5 Å². The highest BCUT2D eigenvalue weighted by atomic mass is 16.4. The van der Waals surface area contributed by atoms with Crippen molar-refractivity contribution in [2.45, 2.75) is 109 Å². The molecule has 0 aromatic heterocycles. The van der Waals surface area contributed by atoms with Gasteiger partial charge in [-0.25, -0.2) is 0 Å². The van der Waals surface area contributed by atoms with Gasteiger partial charge in [0.2, 0.25) is 29.5 Å². The van der Waals surface area contributed by atoms with E-state index in [9.17, 15) is 43.8 Å². The summed E-state index contributed by atoms with van der Waals surface area (Å²) in [6, 6.07) is -4.30. The predicted molar refractivity (Wildman–Crippen MR) is 146 cm³/mol. The van der Waals surface area contributed by atoms with Crippen molar-refractivity contribution in [1.29, 1.82) is 0 Å². The highest BCUT2D eigenvalue weighted by Gasteiger charge is 2.44. The molecule has 2 aliphatic rings. The average Bonchev–Trinajstić information content (AvgIpc) is 3.58. The van der Waals surface area contributed by atoms with Gasteiger partial charge in [-0.3, -0.25) is 33.6 Å². The lowest BCUT2D eigenvalue weighted by molar-refractivity contribution is -0.145. The molecule has 7 N–H and O–H groups in total. The molecule has 1 saturated heterocycles. The Bertz CT molecular complexity index is 1030. The van der Waals surface area contributed by atoms with Crippen LogP contribution in [0.4, 0.5) is 0 Å². The van der Waals surface area contributed by atoms with E-state index >= 15 is 0 Å². The van der Waals surface area contributed by atoms with Crippen LogP contribution >= 0.6 is 0 Å². The topological polar surface area (TPSA) is 232 Å². The number of amides is 5. The number of carbonyl (C=O) groups excluding carboxylic acids is 5. The highest BCUT2D eigenvalue weighted by molar-refractivity contribution is 5.95. The van der Waals surface area contributed by atoms with Gasteiger partial charge in [0.15, 0.2) is 0 Å². The molecule has 42 heavy (non-hydrogen) atoms.